The molecule has 0 radical (unpaired) electrons. The van der Waals surface area contributed by atoms with E-state index >= 15 is 0 Å². The molecule has 0 unspecified atom stereocenters. The number of aromatic nitrogens is 1. The monoisotopic (exact) mass is 286 g/mol. The Morgan fingerprint density at radius 2 is 2.05 bits per heavy atom. The lowest BCUT2D eigenvalue weighted by atomic mass is 9.82. The fourth-order valence-electron chi connectivity index (χ4n) is 3.17. The highest BCUT2D eigenvalue weighted by molar-refractivity contribution is 5.94. The molecule has 1 fully saturated rings. The summed E-state index contributed by atoms with van der Waals surface area (Å²) in [5, 5.41) is 11.6. The zero-order valence-electron chi connectivity index (χ0n) is 12.0. The Bertz CT molecular complexity index is 683. The van der Waals surface area contributed by atoms with E-state index in [4.69, 9.17) is 9.47 Å². The highest BCUT2D eigenvalue weighted by atomic mass is 16.7. The van der Waals surface area contributed by atoms with Crippen LogP contribution in [-0.2, 0) is 0 Å². The predicted octanol–water partition coefficient (Wildman–Crippen LogP) is 2.17. The number of aliphatic hydroxyl groups is 1. The summed E-state index contributed by atoms with van der Waals surface area (Å²) in [6.45, 7) is 1.20. The summed E-state index contributed by atoms with van der Waals surface area (Å²) in [7, 11) is 2.05. The van der Waals surface area contributed by atoms with Crippen LogP contribution in [-0.4, -0.2) is 36.6 Å². The van der Waals surface area contributed by atoms with Crippen molar-refractivity contribution in [3.63, 3.8) is 0 Å². The number of ether oxygens (including phenoxy) is 2. The summed E-state index contributed by atoms with van der Waals surface area (Å²) in [5.74, 6) is 3.08. The summed E-state index contributed by atoms with van der Waals surface area (Å²) in [6, 6.07) is 6.00. The van der Waals surface area contributed by atoms with Crippen LogP contribution < -0.4 is 14.4 Å². The summed E-state index contributed by atoms with van der Waals surface area (Å²) < 4.78 is 10.9. The van der Waals surface area contributed by atoms with E-state index < -0.39 is 0 Å². The van der Waals surface area contributed by atoms with Crippen LogP contribution in [0.1, 0.15) is 12.8 Å². The molecule has 1 saturated carbocycles. The smallest absolute Gasteiger partial charge is 0.231 e. The molecule has 1 N–H and O–H groups in total. The number of pyridine rings is 1. The zero-order chi connectivity index (χ0) is 14.4. The van der Waals surface area contributed by atoms with Gasteiger partial charge in [-0.1, -0.05) is 0 Å². The first-order chi connectivity index (χ1) is 10.2. The van der Waals surface area contributed by atoms with Gasteiger partial charge < -0.3 is 19.5 Å². The number of rotatable bonds is 3. The van der Waals surface area contributed by atoms with Crippen molar-refractivity contribution in [1.29, 1.82) is 0 Å². The van der Waals surface area contributed by atoms with E-state index in [1.54, 1.807) is 0 Å². The standard InChI is InChI=1S/C16H18N2O3/c1-18(8-10-4-12(19)5-10)16-13-7-15-14(20-9-21-15)6-11(13)2-3-17-16/h2-3,6-7,10,12,19H,4-5,8-9H2,1H3. The van der Waals surface area contributed by atoms with Gasteiger partial charge in [0.15, 0.2) is 11.5 Å². The van der Waals surface area contributed by atoms with E-state index in [1.807, 2.05) is 24.4 Å². The average molecular weight is 286 g/mol. The van der Waals surface area contributed by atoms with Gasteiger partial charge in [0.2, 0.25) is 6.79 Å². The Morgan fingerprint density at radius 1 is 1.29 bits per heavy atom. The number of benzene rings is 1. The van der Waals surface area contributed by atoms with E-state index in [-0.39, 0.29) is 12.9 Å². The maximum atomic E-state index is 9.41. The summed E-state index contributed by atoms with van der Waals surface area (Å²) >= 11 is 0. The molecule has 1 aliphatic heterocycles. The van der Waals surface area contributed by atoms with Crippen LogP contribution in [0.25, 0.3) is 10.8 Å². The van der Waals surface area contributed by atoms with Crippen LogP contribution in [0.4, 0.5) is 5.82 Å². The molecule has 21 heavy (non-hydrogen) atoms. The summed E-state index contributed by atoms with van der Waals surface area (Å²) in [6.07, 6.45) is 3.49. The van der Waals surface area contributed by atoms with Crippen molar-refractivity contribution in [1.82, 2.24) is 4.98 Å². The quantitative estimate of drug-likeness (QED) is 0.937. The topological polar surface area (TPSA) is 54.8 Å². The van der Waals surface area contributed by atoms with Crippen LogP contribution in [0.2, 0.25) is 0 Å². The second kappa shape index (κ2) is 4.77. The highest BCUT2D eigenvalue weighted by Gasteiger charge is 2.28. The van der Waals surface area contributed by atoms with Gasteiger partial charge in [0.1, 0.15) is 5.82 Å². The van der Waals surface area contributed by atoms with Gasteiger partial charge in [-0.25, -0.2) is 4.98 Å². The van der Waals surface area contributed by atoms with Crippen molar-refractivity contribution >= 4 is 16.6 Å². The van der Waals surface area contributed by atoms with Crippen LogP contribution in [0.15, 0.2) is 24.4 Å². The zero-order valence-corrected chi connectivity index (χ0v) is 12.0. The number of hydrogen-bond donors (Lipinski definition) is 1. The van der Waals surface area contributed by atoms with Gasteiger partial charge in [-0.3, -0.25) is 0 Å². The minimum Gasteiger partial charge on any atom is -0.454 e. The van der Waals surface area contributed by atoms with Crippen molar-refractivity contribution in [3.05, 3.63) is 24.4 Å². The minimum absolute atomic E-state index is 0.113. The molecular formula is C16H18N2O3. The van der Waals surface area contributed by atoms with Crippen LogP contribution >= 0.6 is 0 Å². The fourth-order valence-corrected chi connectivity index (χ4v) is 3.17. The molecule has 5 heteroatoms. The first kappa shape index (κ1) is 12.7. The largest absolute Gasteiger partial charge is 0.454 e. The van der Waals surface area contributed by atoms with Gasteiger partial charge in [0.25, 0.3) is 0 Å². The molecule has 1 aromatic heterocycles. The van der Waals surface area contributed by atoms with Crippen LogP contribution in [0.5, 0.6) is 11.5 Å². The maximum absolute atomic E-state index is 9.41. The second-order valence-electron chi connectivity index (χ2n) is 5.93. The first-order valence-corrected chi connectivity index (χ1v) is 7.28. The van der Waals surface area contributed by atoms with Gasteiger partial charge in [-0.15, -0.1) is 0 Å². The molecule has 4 rings (SSSR count). The Balaban J connectivity index is 1.67. The van der Waals surface area contributed by atoms with E-state index in [2.05, 4.69) is 16.9 Å². The average Bonchev–Trinajstić information content (AvgIpc) is 2.89. The van der Waals surface area contributed by atoms with E-state index in [0.717, 1.165) is 47.5 Å². The molecule has 2 heterocycles. The molecule has 1 aromatic carbocycles. The van der Waals surface area contributed by atoms with Crippen molar-refractivity contribution < 1.29 is 14.6 Å². The van der Waals surface area contributed by atoms with Gasteiger partial charge in [0, 0.05) is 25.2 Å². The lowest BCUT2D eigenvalue weighted by Gasteiger charge is -2.35. The second-order valence-corrected chi connectivity index (χ2v) is 5.93. The maximum Gasteiger partial charge on any atom is 0.231 e. The van der Waals surface area contributed by atoms with Crippen LogP contribution in [0, 0.1) is 5.92 Å². The number of anilines is 1. The molecule has 2 aromatic rings. The third kappa shape index (κ3) is 2.17. The normalized spacial score (nSPS) is 23.1. The fraction of sp³-hybridized carbons (Fsp3) is 0.438. The minimum atomic E-state index is -0.113. The Morgan fingerprint density at radius 3 is 2.81 bits per heavy atom. The molecule has 5 nitrogen and oxygen atoms in total. The van der Waals surface area contributed by atoms with E-state index in [1.165, 1.54) is 0 Å². The third-order valence-electron chi connectivity index (χ3n) is 4.34. The lowest BCUT2D eigenvalue weighted by Crippen LogP contribution is -2.37. The molecule has 0 atom stereocenters. The van der Waals surface area contributed by atoms with Gasteiger partial charge in [-0.2, -0.15) is 0 Å². The number of aliphatic hydroxyl groups excluding tert-OH is 1. The van der Waals surface area contributed by atoms with E-state index in [0.29, 0.717) is 5.92 Å². The van der Waals surface area contributed by atoms with Gasteiger partial charge in [-0.05, 0) is 42.3 Å². The van der Waals surface area contributed by atoms with Crippen LogP contribution in [0.3, 0.4) is 0 Å². The molecule has 0 bridgehead atoms. The lowest BCUT2D eigenvalue weighted by molar-refractivity contribution is 0.0464. The molecule has 0 amide bonds. The van der Waals surface area contributed by atoms with Gasteiger partial charge >= 0.3 is 0 Å². The van der Waals surface area contributed by atoms with E-state index in [9.17, 15) is 5.11 Å². The van der Waals surface area contributed by atoms with Gasteiger partial charge in [0.05, 0.1) is 6.10 Å². The molecule has 2 aliphatic rings. The first-order valence-electron chi connectivity index (χ1n) is 7.28. The third-order valence-corrected chi connectivity index (χ3v) is 4.34. The number of fused-ring (bicyclic) bond motifs is 2. The molecule has 110 valence electrons. The Labute approximate surface area is 123 Å². The van der Waals surface area contributed by atoms with Crippen molar-refractivity contribution in [2.24, 2.45) is 5.92 Å². The SMILES string of the molecule is CN(CC1CC(O)C1)c1nccc2cc3c(cc12)OCO3. The molecule has 0 spiro atoms. The molecule has 1 aliphatic carbocycles. The molecular weight excluding hydrogens is 268 g/mol. The Kier molecular flexibility index (Phi) is 2.89. The summed E-state index contributed by atoms with van der Waals surface area (Å²) in [5.41, 5.74) is 0. The number of hydrogen-bond acceptors (Lipinski definition) is 5. The van der Waals surface area contributed by atoms with Crippen molar-refractivity contribution in [2.45, 2.75) is 18.9 Å². The molecule has 0 saturated heterocycles. The summed E-state index contributed by atoms with van der Waals surface area (Å²) in [4.78, 5) is 6.70. The Hall–Kier alpha value is -2.01. The number of nitrogens with zero attached hydrogens (tertiary/aromatic N) is 2. The van der Waals surface area contributed by atoms with Crippen molar-refractivity contribution in [3.8, 4) is 11.5 Å². The van der Waals surface area contributed by atoms with Crippen molar-refractivity contribution in [2.75, 3.05) is 25.3 Å². The highest BCUT2D eigenvalue weighted by Crippen LogP contribution is 2.39. The predicted molar refractivity (Wildman–Crippen MR) is 79.9 cm³/mol.